The minimum atomic E-state index is 0.827. The van der Waals surface area contributed by atoms with Gasteiger partial charge in [-0.25, -0.2) is 0 Å². The van der Waals surface area contributed by atoms with E-state index in [0.29, 0.717) is 0 Å². The van der Waals surface area contributed by atoms with Gasteiger partial charge < -0.3 is 5.32 Å². The van der Waals surface area contributed by atoms with E-state index in [-0.39, 0.29) is 0 Å². The Hall–Kier alpha value is -0.650. The lowest BCUT2D eigenvalue weighted by atomic mass is 10.3. The average Bonchev–Trinajstić information content (AvgIpc) is 2.73. The van der Waals surface area contributed by atoms with Crippen LogP contribution in [-0.4, -0.2) is 9.78 Å². The van der Waals surface area contributed by atoms with Crippen molar-refractivity contribution in [1.29, 1.82) is 0 Å². The van der Waals surface area contributed by atoms with Gasteiger partial charge >= 0.3 is 0 Å². The van der Waals surface area contributed by atoms with Gasteiger partial charge in [0.2, 0.25) is 0 Å². The van der Waals surface area contributed by atoms with Gasteiger partial charge in [0.1, 0.15) is 0 Å². The third kappa shape index (κ3) is 2.84. The summed E-state index contributed by atoms with van der Waals surface area (Å²) in [6.07, 6.45) is 0. The normalized spacial score (nSPS) is 11.2. The molecule has 3 nitrogen and oxygen atoms in total. The molecule has 0 saturated carbocycles. The highest BCUT2D eigenvalue weighted by Gasteiger charge is 2.10. The van der Waals surface area contributed by atoms with E-state index >= 15 is 0 Å². The van der Waals surface area contributed by atoms with E-state index in [1.54, 1.807) is 0 Å². The van der Waals surface area contributed by atoms with E-state index in [1.807, 2.05) is 30.0 Å². The van der Waals surface area contributed by atoms with Gasteiger partial charge in [0.05, 0.1) is 15.9 Å². The zero-order chi connectivity index (χ0) is 13.3. The Morgan fingerprint density at radius 3 is 2.56 bits per heavy atom. The number of thiophene rings is 1. The predicted molar refractivity (Wildman–Crippen MR) is 80.0 cm³/mol. The summed E-state index contributed by atoms with van der Waals surface area (Å²) in [6, 6.07) is 2.26. The first-order valence-electron chi connectivity index (χ1n) is 5.93. The number of nitrogens with one attached hydrogen (secondary N) is 1. The molecule has 2 rings (SSSR count). The monoisotopic (exact) mass is 327 g/mol. The van der Waals surface area contributed by atoms with Crippen LogP contribution in [0, 0.1) is 20.8 Å². The van der Waals surface area contributed by atoms with Crippen LogP contribution in [0.4, 0.5) is 0 Å². The summed E-state index contributed by atoms with van der Waals surface area (Å²) in [7, 11) is 1.98. The largest absolute Gasteiger partial charge is 0.306 e. The van der Waals surface area contributed by atoms with Crippen molar-refractivity contribution in [3.63, 3.8) is 0 Å². The van der Waals surface area contributed by atoms with E-state index in [2.05, 4.69) is 46.3 Å². The molecule has 98 valence electrons. The standard InChI is InChI=1S/C13H18BrN3S/c1-8-5-11(18-10(8)3)6-15-7-12-13(14)9(2)16-17(12)4/h5,15H,6-7H2,1-4H3. The predicted octanol–water partition coefficient (Wildman–Crippen LogP) is 3.46. The van der Waals surface area contributed by atoms with Crippen molar-refractivity contribution < 1.29 is 0 Å². The average molecular weight is 328 g/mol. The van der Waals surface area contributed by atoms with Crippen LogP contribution < -0.4 is 5.32 Å². The van der Waals surface area contributed by atoms with Crippen LogP contribution in [0.15, 0.2) is 10.5 Å². The van der Waals surface area contributed by atoms with Crippen LogP contribution in [0.25, 0.3) is 0 Å². The van der Waals surface area contributed by atoms with Gasteiger partial charge in [-0.05, 0) is 48.3 Å². The van der Waals surface area contributed by atoms with Crippen molar-refractivity contribution in [2.75, 3.05) is 0 Å². The SMILES string of the molecule is Cc1cc(CNCc2c(Br)c(C)nn2C)sc1C. The Bertz CT molecular complexity index is 537. The fraction of sp³-hybridized carbons (Fsp3) is 0.462. The number of nitrogens with zero attached hydrogens (tertiary/aromatic N) is 2. The molecule has 0 radical (unpaired) electrons. The quantitative estimate of drug-likeness (QED) is 0.931. The molecule has 18 heavy (non-hydrogen) atoms. The summed E-state index contributed by atoms with van der Waals surface area (Å²) in [5.74, 6) is 0. The Labute approximate surface area is 120 Å². The number of halogens is 1. The molecule has 2 heterocycles. The lowest BCUT2D eigenvalue weighted by Crippen LogP contribution is -2.15. The summed E-state index contributed by atoms with van der Waals surface area (Å²) >= 11 is 5.45. The summed E-state index contributed by atoms with van der Waals surface area (Å²) < 4.78 is 3.04. The zero-order valence-corrected chi connectivity index (χ0v) is 13.6. The van der Waals surface area contributed by atoms with Gasteiger partial charge in [-0.15, -0.1) is 11.3 Å². The first-order valence-corrected chi connectivity index (χ1v) is 7.54. The Morgan fingerprint density at radius 2 is 2.06 bits per heavy atom. The second-order valence-electron chi connectivity index (χ2n) is 4.53. The van der Waals surface area contributed by atoms with Crippen LogP contribution in [-0.2, 0) is 20.1 Å². The lowest BCUT2D eigenvalue weighted by Gasteiger charge is -2.04. The van der Waals surface area contributed by atoms with Crippen LogP contribution in [0.1, 0.15) is 26.7 Å². The third-order valence-electron chi connectivity index (χ3n) is 3.07. The summed E-state index contributed by atoms with van der Waals surface area (Å²) in [5.41, 5.74) is 3.61. The molecular weight excluding hydrogens is 310 g/mol. The molecule has 0 unspecified atom stereocenters. The van der Waals surface area contributed by atoms with Gasteiger partial charge in [0, 0.05) is 29.9 Å². The van der Waals surface area contributed by atoms with Crippen molar-refractivity contribution in [3.8, 4) is 0 Å². The summed E-state index contributed by atoms with van der Waals surface area (Å²) in [6.45, 7) is 8.09. The van der Waals surface area contributed by atoms with Crippen molar-refractivity contribution >= 4 is 27.3 Å². The Balaban J connectivity index is 1.96. The van der Waals surface area contributed by atoms with Gasteiger partial charge in [0.25, 0.3) is 0 Å². The van der Waals surface area contributed by atoms with E-state index in [0.717, 1.165) is 23.3 Å². The Kier molecular flexibility index (Phi) is 4.25. The summed E-state index contributed by atoms with van der Waals surface area (Å²) in [5, 5.41) is 7.86. The fourth-order valence-electron chi connectivity index (χ4n) is 1.91. The maximum absolute atomic E-state index is 4.39. The van der Waals surface area contributed by atoms with Crippen molar-refractivity contribution in [2.24, 2.45) is 7.05 Å². The van der Waals surface area contributed by atoms with Crippen molar-refractivity contribution in [2.45, 2.75) is 33.9 Å². The molecule has 0 atom stereocenters. The number of hydrogen-bond donors (Lipinski definition) is 1. The smallest absolute Gasteiger partial charge is 0.0739 e. The van der Waals surface area contributed by atoms with Crippen LogP contribution in [0.3, 0.4) is 0 Å². The van der Waals surface area contributed by atoms with E-state index in [4.69, 9.17) is 0 Å². The zero-order valence-electron chi connectivity index (χ0n) is 11.2. The molecule has 0 aliphatic carbocycles. The van der Waals surface area contributed by atoms with Crippen LogP contribution in [0.5, 0.6) is 0 Å². The second-order valence-corrected chi connectivity index (χ2v) is 6.66. The molecule has 0 amide bonds. The highest BCUT2D eigenvalue weighted by Crippen LogP contribution is 2.22. The van der Waals surface area contributed by atoms with Crippen molar-refractivity contribution in [3.05, 3.63) is 37.2 Å². The number of hydrogen-bond acceptors (Lipinski definition) is 3. The second kappa shape index (κ2) is 5.55. The molecule has 0 fully saturated rings. The van der Waals surface area contributed by atoms with Gasteiger partial charge in [-0.3, -0.25) is 4.68 Å². The molecule has 0 aliphatic rings. The highest BCUT2D eigenvalue weighted by molar-refractivity contribution is 9.10. The maximum Gasteiger partial charge on any atom is 0.0739 e. The summed E-state index contributed by atoms with van der Waals surface area (Å²) in [4.78, 5) is 2.80. The molecule has 5 heteroatoms. The van der Waals surface area contributed by atoms with Crippen LogP contribution >= 0.6 is 27.3 Å². The van der Waals surface area contributed by atoms with Crippen LogP contribution in [0.2, 0.25) is 0 Å². The number of aryl methyl sites for hydroxylation is 4. The van der Waals surface area contributed by atoms with E-state index in [9.17, 15) is 0 Å². The number of aromatic nitrogens is 2. The molecule has 0 saturated heterocycles. The van der Waals surface area contributed by atoms with Gasteiger partial charge in [-0.1, -0.05) is 0 Å². The number of rotatable bonds is 4. The lowest BCUT2D eigenvalue weighted by molar-refractivity contribution is 0.626. The molecule has 0 bridgehead atoms. The minimum Gasteiger partial charge on any atom is -0.306 e. The van der Waals surface area contributed by atoms with Gasteiger partial charge in [-0.2, -0.15) is 5.10 Å². The first kappa shape index (κ1) is 13.8. The van der Waals surface area contributed by atoms with Gasteiger partial charge in [0.15, 0.2) is 0 Å². The van der Waals surface area contributed by atoms with E-state index < -0.39 is 0 Å². The maximum atomic E-state index is 4.39. The Morgan fingerprint density at radius 1 is 1.33 bits per heavy atom. The molecule has 0 aliphatic heterocycles. The fourth-order valence-corrected chi connectivity index (χ4v) is 3.41. The van der Waals surface area contributed by atoms with Crippen molar-refractivity contribution in [1.82, 2.24) is 15.1 Å². The third-order valence-corrected chi connectivity index (χ3v) is 5.25. The molecule has 1 N–H and O–H groups in total. The molecule has 2 aromatic rings. The molecule has 2 aromatic heterocycles. The first-order chi connectivity index (χ1) is 8.49. The minimum absolute atomic E-state index is 0.827. The highest BCUT2D eigenvalue weighted by atomic mass is 79.9. The molecule has 0 aromatic carbocycles. The topological polar surface area (TPSA) is 29.9 Å². The molecular formula is C13H18BrN3S. The van der Waals surface area contributed by atoms with E-state index in [1.165, 1.54) is 21.0 Å². The molecule has 0 spiro atoms.